The molecule has 1 saturated heterocycles. The van der Waals surface area contributed by atoms with Crippen molar-refractivity contribution in [3.8, 4) is 5.69 Å². The second-order valence-electron chi connectivity index (χ2n) is 5.96. The van der Waals surface area contributed by atoms with Crippen molar-refractivity contribution in [3.63, 3.8) is 0 Å². The van der Waals surface area contributed by atoms with E-state index in [0.717, 1.165) is 18.5 Å². The molecule has 1 atom stereocenters. The van der Waals surface area contributed by atoms with E-state index >= 15 is 0 Å². The molecule has 1 aliphatic rings. The van der Waals surface area contributed by atoms with Gasteiger partial charge in [0.25, 0.3) is 5.91 Å². The first-order chi connectivity index (χ1) is 12.6. The molecule has 1 fully saturated rings. The molecule has 0 spiro atoms. The van der Waals surface area contributed by atoms with Gasteiger partial charge in [0.2, 0.25) is 5.91 Å². The molecule has 0 unspecified atom stereocenters. The standard InChI is InChI=1S/C17H19N5O4/c18-16(24)14-3-1-2-8-21(14)15(23)9-26-17(25)12-4-6-13(7-5-12)22-11-19-10-20-22/h4-7,10-11,14H,1-3,8-9H2,(H2,18,24)/t14-/m1/s1. The van der Waals surface area contributed by atoms with Crippen LogP contribution < -0.4 is 5.73 Å². The Morgan fingerprint density at radius 1 is 1.19 bits per heavy atom. The molecule has 0 radical (unpaired) electrons. The molecule has 2 N–H and O–H groups in total. The summed E-state index contributed by atoms with van der Waals surface area (Å²) in [5, 5.41) is 4.00. The fourth-order valence-corrected chi connectivity index (χ4v) is 2.91. The Bertz CT molecular complexity index is 788. The van der Waals surface area contributed by atoms with Gasteiger partial charge in [-0.25, -0.2) is 14.5 Å². The maximum Gasteiger partial charge on any atom is 0.338 e. The molecule has 1 aromatic carbocycles. The largest absolute Gasteiger partial charge is 0.452 e. The highest BCUT2D eigenvalue weighted by Gasteiger charge is 2.31. The van der Waals surface area contributed by atoms with E-state index in [-0.39, 0.29) is 0 Å². The number of piperidine rings is 1. The lowest BCUT2D eigenvalue weighted by Gasteiger charge is -2.33. The maximum absolute atomic E-state index is 12.3. The van der Waals surface area contributed by atoms with Gasteiger partial charge < -0.3 is 15.4 Å². The maximum atomic E-state index is 12.3. The van der Waals surface area contributed by atoms with Gasteiger partial charge in [0.15, 0.2) is 6.61 Å². The van der Waals surface area contributed by atoms with Crippen LogP contribution in [0.3, 0.4) is 0 Å². The predicted octanol–water partition coefficient (Wildman–Crippen LogP) is 0.291. The number of ether oxygens (including phenoxy) is 1. The third-order valence-electron chi connectivity index (χ3n) is 4.26. The van der Waals surface area contributed by atoms with Crippen molar-refractivity contribution in [3.05, 3.63) is 42.5 Å². The highest BCUT2D eigenvalue weighted by atomic mass is 16.5. The summed E-state index contributed by atoms with van der Waals surface area (Å²) in [5.41, 5.74) is 6.40. The van der Waals surface area contributed by atoms with Gasteiger partial charge in [-0.3, -0.25) is 9.59 Å². The van der Waals surface area contributed by atoms with Gasteiger partial charge in [-0.2, -0.15) is 5.10 Å². The van der Waals surface area contributed by atoms with Gasteiger partial charge in [-0.15, -0.1) is 0 Å². The molecule has 2 amide bonds. The second-order valence-corrected chi connectivity index (χ2v) is 5.96. The molecule has 0 saturated carbocycles. The number of hydrogen-bond acceptors (Lipinski definition) is 6. The van der Waals surface area contributed by atoms with E-state index in [1.54, 1.807) is 35.3 Å². The van der Waals surface area contributed by atoms with Crippen molar-refractivity contribution in [1.29, 1.82) is 0 Å². The van der Waals surface area contributed by atoms with Crippen LogP contribution >= 0.6 is 0 Å². The van der Waals surface area contributed by atoms with Crippen molar-refractivity contribution in [2.24, 2.45) is 5.73 Å². The van der Waals surface area contributed by atoms with E-state index in [9.17, 15) is 14.4 Å². The smallest absolute Gasteiger partial charge is 0.338 e. The first kappa shape index (κ1) is 17.6. The van der Waals surface area contributed by atoms with Crippen LogP contribution in [-0.4, -0.2) is 56.6 Å². The number of carbonyl (C=O) groups is 3. The quantitative estimate of drug-likeness (QED) is 0.768. The summed E-state index contributed by atoms with van der Waals surface area (Å²) in [6, 6.07) is 5.92. The predicted molar refractivity (Wildman–Crippen MR) is 90.2 cm³/mol. The van der Waals surface area contributed by atoms with E-state index in [2.05, 4.69) is 10.1 Å². The monoisotopic (exact) mass is 357 g/mol. The number of nitrogens with two attached hydrogens (primary N) is 1. The number of benzene rings is 1. The Morgan fingerprint density at radius 3 is 2.62 bits per heavy atom. The van der Waals surface area contributed by atoms with Gasteiger partial charge in [0.05, 0.1) is 11.3 Å². The number of rotatable bonds is 5. The van der Waals surface area contributed by atoms with Crippen LogP contribution in [-0.2, 0) is 14.3 Å². The summed E-state index contributed by atoms with van der Waals surface area (Å²) in [5.74, 6) is -1.56. The summed E-state index contributed by atoms with van der Waals surface area (Å²) in [4.78, 5) is 41.1. The summed E-state index contributed by atoms with van der Waals surface area (Å²) in [6.07, 6.45) is 5.13. The SMILES string of the molecule is NC(=O)[C@H]1CCCCN1C(=O)COC(=O)c1ccc(-n2cncn2)cc1. The van der Waals surface area contributed by atoms with Gasteiger partial charge in [0, 0.05) is 6.54 Å². The normalized spacial score (nSPS) is 16.9. The number of primary amides is 1. The summed E-state index contributed by atoms with van der Waals surface area (Å²) >= 11 is 0. The van der Waals surface area contributed by atoms with Crippen LogP contribution in [0.5, 0.6) is 0 Å². The lowest BCUT2D eigenvalue weighted by Crippen LogP contribution is -2.51. The Labute approximate surface area is 149 Å². The van der Waals surface area contributed by atoms with E-state index in [1.165, 1.54) is 11.2 Å². The van der Waals surface area contributed by atoms with E-state index < -0.39 is 30.4 Å². The Hall–Kier alpha value is -3.23. The molecular weight excluding hydrogens is 338 g/mol. The minimum absolute atomic E-state index is 0.312. The minimum atomic E-state index is -0.628. The Kier molecular flexibility index (Phi) is 5.26. The Balaban J connectivity index is 1.58. The average Bonchev–Trinajstić information content (AvgIpc) is 3.20. The molecule has 2 heterocycles. The van der Waals surface area contributed by atoms with Crippen LogP contribution in [0.15, 0.2) is 36.9 Å². The molecule has 136 valence electrons. The zero-order valence-corrected chi connectivity index (χ0v) is 14.1. The number of amides is 2. The fraction of sp³-hybridized carbons (Fsp3) is 0.353. The zero-order valence-electron chi connectivity index (χ0n) is 14.1. The molecule has 26 heavy (non-hydrogen) atoms. The van der Waals surface area contributed by atoms with E-state index in [0.29, 0.717) is 18.5 Å². The third kappa shape index (κ3) is 3.88. The highest BCUT2D eigenvalue weighted by Crippen LogP contribution is 2.17. The van der Waals surface area contributed by atoms with E-state index in [4.69, 9.17) is 10.5 Å². The van der Waals surface area contributed by atoms with Crippen LogP contribution in [0.4, 0.5) is 0 Å². The van der Waals surface area contributed by atoms with Gasteiger partial charge in [-0.05, 0) is 43.5 Å². The summed E-state index contributed by atoms with van der Waals surface area (Å²) in [6.45, 7) is 0.0179. The third-order valence-corrected chi connectivity index (χ3v) is 4.26. The number of carbonyl (C=O) groups excluding carboxylic acids is 3. The highest BCUT2D eigenvalue weighted by molar-refractivity contribution is 5.92. The average molecular weight is 357 g/mol. The molecule has 0 bridgehead atoms. The lowest BCUT2D eigenvalue weighted by atomic mass is 10.0. The lowest BCUT2D eigenvalue weighted by molar-refractivity contribution is -0.143. The minimum Gasteiger partial charge on any atom is -0.452 e. The van der Waals surface area contributed by atoms with Crippen molar-refractivity contribution in [1.82, 2.24) is 19.7 Å². The fourth-order valence-electron chi connectivity index (χ4n) is 2.91. The summed E-state index contributed by atoms with van der Waals surface area (Å²) < 4.78 is 6.64. The van der Waals surface area contributed by atoms with Crippen LogP contribution in [0.1, 0.15) is 29.6 Å². The van der Waals surface area contributed by atoms with Crippen molar-refractivity contribution >= 4 is 17.8 Å². The second kappa shape index (κ2) is 7.77. The molecule has 1 aromatic heterocycles. The van der Waals surface area contributed by atoms with Gasteiger partial charge in [-0.1, -0.05) is 0 Å². The molecule has 1 aliphatic heterocycles. The zero-order chi connectivity index (χ0) is 18.5. The van der Waals surface area contributed by atoms with Crippen molar-refractivity contribution in [2.75, 3.05) is 13.2 Å². The topological polar surface area (TPSA) is 120 Å². The number of esters is 1. The molecular formula is C17H19N5O4. The van der Waals surface area contributed by atoms with Gasteiger partial charge in [0.1, 0.15) is 18.7 Å². The molecule has 3 rings (SSSR count). The first-order valence-electron chi connectivity index (χ1n) is 8.27. The van der Waals surface area contributed by atoms with E-state index in [1.807, 2.05) is 0 Å². The molecule has 0 aliphatic carbocycles. The molecule has 2 aromatic rings. The van der Waals surface area contributed by atoms with Crippen LogP contribution in [0.2, 0.25) is 0 Å². The number of nitrogens with zero attached hydrogens (tertiary/aromatic N) is 4. The first-order valence-corrected chi connectivity index (χ1v) is 8.27. The summed E-state index contributed by atoms with van der Waals surface area (Å²) in [7, 11) is 0. The van der Waals surface area contributed by atoms with Crippen LogP contribution in [0, 0.1) is 0 Å². The Morgan fingerprint density at radius 2 is 1.96 bits per heavy atom. The number of likely N-dealkylation sites (tertiary alicyclic amines) is 1. The number of aromatic nitrogens is 3. The number of hydrogen-bond donors (Lipinski definition) is 1. The molecule has 9 nitrogen and oxygen atoms in total. The van der Waals surface area contributed by atoms with Crippen molar-refractivity contribution in [2.45, 2.75) is 25.3 Å². The van der Waals surface area contributed by atoms with Crippen LogP contribution in [0.25, 0.3) is 5.69 Å². The van der Waals surface area contributed by atoms with Gasteiger partial charge >= 0.3 is 5.97 Å². The molecule has 9 heteroatoms. The van der Waals surface area contributed by atoms with Crippen molar-refractivity contribution < 1.29 is 19.1 Å².